The van der Waals surface area contributed by atoms with Gasteiger partial charge in [-0.3, -0.25) is 14.4 Å². The fourth-order valence-corrected chi connectivity index (χ4v) is 5.73. The Morgan fingerprint density at radius 1 is 1.06 bits per heavy atom. The fraction of sp³-hybridized carbons (Fsp3) is 0.481. The smallest absolute Gasteiger partial charge is 0.272 e. The Kier molecular flexibility index (Phi) is 5.75. The van der Waals surface area contributed by atoms with Gasteiger partial charge >= 0.3 is 0 Å². The molecular formula is C27H32N4O3. The third kappa shape index (κ3) is 3.97. The Morgan fingerprint density at radius 3 is 2.47 bits per heavy atom. The molecule has 2 aliphatic heterocycles. The van der Waals surface area contributed by atoms with Gasteiger partial charge in [0.2, 0.25) is 0 Å². The molecule has 6 rings (SSSR count). The third-order valence-corrected chi connectivity index (χ3v) is 7.78. The van der Waals surface area contributed by atoms with Crippen molar-refractivity contribution in [1.82, 2.24) is 20.0 Å². The van der Waals surface area contributed by atoms with Crippen molar-refractivity contribution in [3.63, 3.8) is 0 Å². The van der Waals surface area contributed by atoms with E-state index < -0.39 is 0 Å². The molecule has 2 bridgehead atoms. The number of piperidine rings is 1. The number of amides is 1. The molecule has 2 aromatic carbocycles. The number of benzene rings is 2. The molecule has 178 valence electrons. The minimum absolute atomic E-state index is 0.0538. The number of hydrogen-bond donors (Lipinski definition) is 1. The summed E-state index contributed by atoms with van der Waals surface area (Å²) >= 11 is 0. The van der Waals surface area contributed by atoms with Crippen LogP contribution in [0.4, 0.5) is 0 Å². The van der Waals surface area contributed by atoms with E-state index in [4.69, 9.17) is 14.6 Å². The molecule has 3 heterocycles. The van der Waals surface area contributed by atoms with Crippen LogP contribution < -0.4 is 10.1 Å². The van der Waals surface area contributed by atoms with E-state index in [2.05, 4.69) is 33.1 Å². The summed E-state index contributed by atoms with van der Waals surface area (Å²) in [5.74, 6) is 0.822. The molecule has 2 saturated heterocycles. The van der Waals surface area contributed by atoms with Gasteiger partial charge in [-0.05, 0) is 55.9 Å². The predicted molar refractivity (Wildman–Crippen MR) is 130 cm³/mol. The monoisotopic (exact) mass is 460 g/mol. The minimum Gasteiger partial charge on any atom is -0.497 e. The molecular weight excluding hydrogens is 428 g/mol. The summed E-state index contributed by atoms with van der Waals surface area (Å²) in [6, 6.07) is 17.6. The van der Waals surface area contributed by atoms with E-state index in [-0.39, 0.29) is 11.9 Å². The lowest BCUT2D eigenvalue weighted by molar-refractivity contribution is -0.0843. The molecule has 3 aliphatic rings. The normalized spacial score (nSPS) is 25.1. The average Bonchev–Trinajstić information content (AvgIpc) is 3.18. The van der Waals surface area contributed by atoms with Crippen molar-refractivity contribution in [3.05, 3.63) is 59.8 Å². The van der Waals surface area contributed by atoms with Gasteiger partial charge in [-0.25, -0.2) is 0 Å². The summed E-state index contributed by atoms with van der Waals surface area (Å²) in [4.78, 5) is 15.9. The SMILES string of the molecule is COc1ccc(CN2[C@@H]3COC[C@H]2C[C@@H](NC(=O)c2nn(C4CCC4)c4ccccc24)C3)cc1. The quantitative estimate of drug-likeness (QED) is 0.604. The highest BCUT2D eigenvalue weighted by molar-refractivity contribution is 6.05. The molecule has 1 amide bonds. The first-order valence-electron chi connectivity index (χ1n) is 12.4. The van der Waals surface area contributed by atoms with Crippen molar-refractivity contribution < 1.29 is 14.3 Å². The zero-order valence-electron chi connectivity index (χ0n) is 19.7. The number of fused-ring (bicyclic) bond motifs is 3. The number of ether oxygens (including phenoxy) is 2. The zero-order chi connectivity index (χ0) is 23.1. The number of nitrogens with zero attached hydrogens (tertiary/aromatic N) is 3. The Balaban J connectivity index is 1.16. The van der Waals surface area contributed by atoms with E-state index in [0.29, 0.717) is 37.0 Å². The maximum absolute atomic E-state index is 13.4. The number of aromatic nitrogens is 2. The van der Waals surface area contributed by atoms with E-state index in [1.165, 1.54) is 12.0 Å². The maximum atomic E-state index is 13.4. The van der Waals surface area contributed by atoms with Gasteiger partial charge < -0.3 is 14.8 Å². The van der Waals surface area contributed by atoms with Gasteiger partial charge in [0.05, 0.1) is 31.9 Å². The van der Waals surface area contributed by atoms with Crippen molar-refractivity contribution in [1.29, 1.82) is 0 Å². The number of carbonyl (C=O) groups is 1. The van der Waals surface area contributed by atoms with Gasteiger partial charge in [-0.15, -0.1) is 0 Å². The number of methoxy groups -OCH3 is 1. The van der Waals surface area contributed by atoms with E-state index in [1.807, 2.05) is 30.3 Å². The number of hydrogen-bond acceptors (Lipinski definition) is 5. The Labute approximate surface area is 200 Å². The lowest BCUT2D eigenvalue weighted by Crippen LogP contribution is -2.60. The van der Waals surface area contributed by atoms with Crippen LogP contribution in [0.1, 0.15) is 54.2 Å². The minimum atomic E-state index is -0.0538. The largest absolute Gasteiger partial charge is 0.497 e. The molecule has 0 radical (unpaired) electrons. The second kappa shape index (κ2) is 9.04. The standard InChI is InChI=1S/C27H32N4O3/c1-33-23-11-9-18(10-12-23)15-30-21-13-19(14-22(30)17-34-16-21)28-27(32)26-24-7-2-3-8-25(24)31(29-26)20-5-4-6-20/h2-3,7-12,19-22H,4-6,13-17H2,1H3,(H,28,32)/t19-,21-,22+. The highest BCUT2D eigenvalue weighted by Crippen LogP contribution is 2.35. The first kappa shape index (κ1) is 21.6. The fourth-order valence-electron chi connectivity index (χ4n) is 5.73. The molecule has 3 aromatic rings. The van der Waals surface area contributed by atoms with Gasteiger partial charge in [-0.2, -0.15) is 5.10 Å². The van der Waals surface area contributed by atoms with Crippen molar-refractivity contribution in [3.8, 4) is 5.75 Å². The number of carbonyl (C=O) groups excluding carboxylic acids is 1. The lowest BCUT2D eigenvalue weighted by atomic mass is 9.89. The van der Waals surface area contributed by atoms with Crippen LogP contribution in [0, 0.1) is 0 Å². The summed E-state index contributed by atoms with van der Waals surface area (Å²) in [5.41, 5.74) is 2.90. The van der Waals surface area contributed by atoms with E-state index in [1.54, 1.807) is 7.11 Å². The summed E-state index contributed by atoms with van der Waals surface area (Å²) < 4.78 is 13.3. The predicted octanol–water partition coefficient (Wildman–Crippen LogP) is 3.93. The van der Waals surface area contributed by atoms with E-state index >= 15 is 0 Å². The second-order valence-electron chi connectivity index (χ2n) is 9.90. The maximum Gasteiger partial charge on any atom is 0.272 e. The van der Waals surface area contributed by atoms with Crippen LogP contribution in [0.3, 0.4) is 0 Å². The molecule has 1 aromatic heterocycles. The van der Waals surface area contributed by atoms with Crippen LogP contribution >= 0.6 is 0 Å². The molecule has 0 unspecified atom stereocenters. The van der Waals surface area contributed by atoms with Crippen LogP contribution in [-0.2, 0) is 11.3 Å². The van der Waals surface area contributed by atoms with Crippen molar-refractivity contribution in [2.75, 3.05) is 20.3 Å². The molecule has 3 atom stereocenters. The van der Waals surface area contributed by atoms with E-state index in [9.17, 15) is 4.79 Å². The first-order chi connectivity index (χ1) is 16.7. The summed E-state index contributed by atoms with van der Waals surface area (Å²) in [7, 11) is 1.69. The third-order valence-electron chi connectivity index (χ3n) is 7.78. The molecule has 1 N–H and O–H groups in total. The van der Waals surface area contributed by atoms with Gasteiger partial charge in [0.15, 0.2) is 5.69 Å². The molecule has 0 spiro atoms. The summed E-state index contributed by atoms with van der Waals surface area (Å²) in [6.45, 7) is 2.30. The number of para-hydroxylation sites is 1. The Morgan fingerprint density at radius 2 is 1.79 bits per heavy atom. The van der Waals surface area contributed by atoms with Crippen LogP contribution in [0.2, 0.25) is 0 Å². The highest BCUT2D eigenvalue weighted by Gasteiger charge is 2.39. The average molecular weight is 461 g/mol. The van der Waals surface area contributed by atoms with Crippen LogP contribution in [-0.4, -0.2) is 59.0 Å². The lowest BCUT2D eigenvalue weighted by Gasteiger charge is -2.48. The zero-order valence-corrected chi connectivity index (χ0v) is 19.7. The summed E-state index contributed by atoms with van der Waals surface area (Å²) in [5, 5.41) is 9.07. The van der Waals surface area contributed by atoms with Gasteiger partial charge in [0.1, 0.15) is 5.75 Å². The highest BCUT2D eigenvalue weighted by atomic mass is 16.5. The molecule has 1 saturated carbocycles. The molecule has 7 nitrogen and oxygen atoms in total. The van der Waals surface area contributed by atoms with Crippen LogP contribution in [0.25, 0.3) is 10.9 Å². The van der Waals surface area contributed by atoms with Crippen LogP contribution in [0.15, 0.2) is 48.5 Å². The number of rotatable bonds is 6. The van der Waals surface area contributed by atoms with Crippen LogP contribution in [0.5, 0.6) is 5.75 Å². The van der Waals surface area contributed by atoms with Gasteiger partial charge in [-0.1, -0.05) is 30.3 Å². The van der Waals surface area contributed by atoms with Gasteiger partial charge in [0.25, 0.3) is 5.91 Å². The molecule has 7 heteroatoms. The molecule has 34 heavy (non-hydrogen) atoms. The van der Waals surface area contributed by atoms with E-state index in [0.717, 1.165) is 48.9 Å². The molecule has 1 aliphatic carbocycles. The van der Waals surface area contributed by atoms with Crippen molar-refractivity contribution in [2.24, 2.45) is 0 Å². The van der Waals surface area contributed by atoms with Crippen molar-refractivity contribution >= 4 is 16.8 Å². The first-order valence-corrected chi connectivity index (χ1v) is 12.4. The second-order valence-corrected chi connectivity index (χ2v) is 9.90. The Bertz CT molecular complexity index is 1160. The number of morpholine rings is 1. The molecule has 3 fully saturated rings. The van der Waals surface area contributed by atoms with Crippen molar-refractivity contribution in [2.45, 2.75) is 62.8 Å². The topological polar surface area (TPSA) is 68.6 Å². The Hall–Kier alpha value is -2.90. The van der Waals surface area contributed by atoms with Gasteiger partial charge in [0, 0.05) is 30.1 Å². The number of nitrogens with one attached hydrogen (secondary N) is 1. The summed E-state index contributed by atoms with van der Waals surface area (Å²) in [6.07, 6.45) is 5.30.